The Kier molecular flexibility index (Phi) is 6.54. The summed E-state index contributed by atoms with van der Waals surface area (Å²) in [5, 5.41) is 7.30. The first-order valence-corrected chi connectivity index (χ1v) is 10.6. The average Bonchev–Trinajstić information content (AvgIpc) is 3.16. The van der Waals surface area contributed by atoms with Gasteiger partial charge in [-0.2, -0.15) is 13.2 Å². The zero-order valence-corrected chi connectivity index (χ0v) is 18.9. The Hall–Kier alpha value is -3.49. The number of alkyl halides is 3. The van der Waals surface area contributed by atoms with Crippen LogP contribution in [-0.2, 0) is 6.18 Å². The molecule has 0 bridgehead atoms. The van der Waals surface area contributed by atoms with Crippen LogP contribution < -0.4 is 10.1 Å². The minimum atomic E-state index is -4.47. The number of hydrogen-bond acceptors (Lipinski definition) is 4. The smallest absolute Gasteiger partial charge is 0.416 e. The molecule has 1 heterocycles. The first kappa shape index (κ1) is 23.7. The van der Waals surface area contributed by atoms with Crippen LogP contribution in [0.1, 0.15) is 21.7 Å². The lowest BCUT2D eigenvalue weighted by Gasteiger charge is -2.11. The van der Waals surface area contributed by atoms with Crippen molar-refractivity contribution in [1.29, 1.82) is 0 Å². The molecule has 0 spiro atoms. The van der Waals surface area contributed by atoms with E-state index in [-0.39, 0.29) is 22.8 Å². The van der Waals surface area contributed by atoms with Gasteiger partial charge in [0.1, 0.15) is 28.5 Å². The summed E-state index contributed by atoms with van der Waals surface area (Å²) < 4.78 is 49.4. The van der Waals surface area contributed by atoms with Crippen LogP contribution in [0.25, 0.3) is 11.3 Å². The number of aromatic nitrogens is 1. The average molecular weight is 507 g/mol. The fourth-order valence-corrected chi connectivity index (χ4v) is 3.78. The predicted octanol–water partition coefficient (Wildman–Crippen LogP) is 8.02. The summed E-state index contributed by atoms with van der Waals surface area (Å²) in [6, 6.07) is 15.6. The fraction of sp³-hybridized carbons (Fsp3) is 0.0833. The van der Waals surface area contributed by atoms with Crippen LogP contribution in [0.3, 0.4) is 0 Å². The number of rotatable bonds is 5. The Morgan fingerprint density at radius 1 is 0.971 bits per heavy atom. The zero-order valence-electron chi connectivity index (χ0n) is 17.4. The molecule has 0 aliphatic rings. The number of aryl methyl sites for hydroxylation is 1. The van der Waals surface area contributed by atoms with Crippen molar-refractivity contribution >= 4 is 34.8 Å². The SMILES string of the molecule is Cc1onc(-c2c(Cl)cccc2Cl)c1C(=O)Nc1ccc(Oc2cccc(C(F)(F)F)c2)cc1. The molecule has 34 heavy (non-hydrogen) atoms. The highest BCUT2D eigenvalue weighted by Gasteiger charge is 2.30. The van der Waals surface area contributed by atoms with E-state index in [0.717, 1.165) is 12.1 Å². The molecular weight excluding hydrogens is 492 g/mol. The van der Waals surface area contributed by atoms with E-state index in [0.29, 0.717) is 27.0 Å². The Morgan fingerprint density at radius 3 is 2.26 bits per heavy atom. The lowest BCUT2D eigenvalue weighted by atomic mass is 10.1. The summed E-state index contributed by atoms with van der Waals surface area (Å²) in [5.41, 5.74) is 0.345. The second-order valence-corrected chi connectivity index (χ2v) is 7.98. The van der Waals surface area contributed by atoms with Crippen LogP contribution in [0, 0.1) is 6.92 Å². The molecule has 0 aliphatic carbocycles. The monoisotopic (exact) mass is 506 g/mol. The van der Waals surface area contributed by atoms with Gasteiger partial charge in [-0.3, -0.25) is 4.79 Å². The number of anilines is 1. The standard InChI is InChI=1S/C24H15Cl2F3N2O3/c1-13-20(22(31-34-13)21-18(25)6-3-7-19(21)26)23(32)30-15-8-10-16(11-9-15)33-17-5-2-4-14(12-17)24(27,28)29/h2-12H,1H3,(H,30,32). The number of carbonyl (C=O) groups is 1. The van der Waals surface area contributed by atoms with Gasteiger partial charge in [0.2, 0.25) is 0 Å². The molecule has 4 rings (SSSR count). The Balaban J connectivity index is 1.52. The van der Waals surface area contributed by atoms with Crippen LogP contribution >= 0.6 is 23.2 Å². The third kappa shape index (κ3) is 5.03. The van der Waals surface area contributed by atoms with Gasteiger partial charge in [-0.15, -0.1) is 0 Å². The molecule has 0 saturated carbocycles. The molecule has 0 unspecified atom stereocenters. The maximum absolute atomic E-state index is 13.0. The van der Waals surface area contributed by atoms with Crippen molar-refractivity contribution in [3.8, 4) is 22.8 Å². The highest BCUT2D eigenvalue weighted by atomic mass is 35.5. The molecule has 0 aliphatic heterocycles. The van der Waals surface area contributed by atoms with Gasteiger partial charge in [0, 0.05) is 11.3 Å². The topological polar surface area (TPSA) is 64.4 Å². The first-order valence-electron chi connectivity index (χ1n) is 9.80. The predicted molar refractivity (Wildman–Crippen MR) is 123 cm³/mol. The van der Waals surface area contributed by atoms with Crippen molar-refractivity contribution in [2.24, 2.45) is 0 Å². The molecule has 0 atom stereocenters. The van der Waals surface area contributed by atoms with Crippen molar-refractivity contribution in [3.63, 3.8) is 0 Å². The molecule has 1 N–H and O–H groups in total. The summed E-state index contributed by atoms with van der Waals surface area (Å²) in [6.07, 6.45) is -4.47. The second kappa shape index (κ2) is 9.40. The van der Waals surface area contributed by atoms with E-state index in [1.54, 1.807) is 37.3 Å². The molecule has 5 nitrogen and oxygen atoms in total. The van der Waals surface area contributed by atoms with Crippen molar-refractivity contribution in [1.82, 2.24) is 5.16 Å². The van der Waals surface area contributed by atoms with E-state index in [2.05, 4.69) is 10.5 Å². The molecule has 3 aromatic carbocycles. The molecule has 0 radical (unpaired) electrons. The maximum atomic E-state index is 13.0. The van der Waals surface area contributed by atoms with Crippen LogP contribution in [0.5, 0.6) is 11.5 Å². The second-order valence-electron chi connectivity index (χ2n) is 7.17. The number of nitrogens with one attached hydrogen (secondary N) is 1. The van der Waals surface area contributed by atoms with Crippen LogP contribution in [0.4, 0.5) is 18.9 Å². The molecule has 10 heteroatoms. The number of ether oxygens (including phenoxy) is 1. The fourth-order valence-electron chi connectivity index (χ4n) is 3.21. The minimum absolute atomic E-state index is 0.0352. The maximum Gasteiger partial charge on any atom is 0.416 e. The van der Waals surface area contributed by atoms with Crippen LogP contribution in [0.2, 0.25) is 10.0 Å². The van der Waals surface area contributed by atoms with Gasteiger partial charge >= 0.3 is 6.18 Å². The molecule has 0 fully saturated rings. The Bertz CT molecular complexity index is 1330. The van der Waals surface area contributed by atoms with Crippen LogP contribution in [0.15, 0.2) is 71.3 Å². The van der Waals surface area contributed by atoms with Crippen LogP contribution in [-0.4, -0.2) is 11.1 Å². The first-order chi connectivity index (χ1) is 16.1. The largest absolute Gasteiger partial charge is 0.457 e. The van der Waals surface area contributed by atoms with E-state index in [1.165, 1.54) is 24.3 Å². The van der Waals surface area contributed by atoms with Crippen molar-refractivity contribution < 1.29 is 27.2 Å². The summed E-state index contributed by atoms with van der Waals surface area (Å²) in [6.45, 7) is 1.59. The number of benzene rings is 3. The van der Waals surface area contributed by atoms with Gasteiger partial charge in [-0.25, -0.2) is 0 Å². The number of carbonyl (C=O) groups excluding carboxylic acids is 1. The molecule has 1 aromatic heterocycles. The molecular formula is C24H15Cl2F3N2O3. The highest BCUT2D eigenvalue weighted by molar-refractivity contribution is 6.39. The van der Waals surface area contributed by atoms with E-state index in [1.807, 2.05) is 0 Å². The van der Waals surface area contributed by atoms with Gasteiger partial charge in [0.25, 0.3) is 5.91 Å². The zero-order chi connectivity index (χ0) is 24.5. The number of amides is 1. The molecule has 1 amide bonds. The van der Waals surface area contributed by atoms with Crippen molar-refractivity contribution in [3.05, 3.63) is 93.7 Å². The highest BCUT2D eigenvalue weighted by Crippen LogP contribution is 2.37. The minimum Gasteiger partial charge on any atom is -0.457 e. The third-order valence-corrected chi connectivity index (χ3v) is 5.43. The molecule has 174 valence electrons. The van der Waals surface area contributed by atoms with Gasteiger partial charge in [0.15, 0.2) is 0 Å². The van der Waals surface area contributed by atoms with E-state index in [4.69, 9.17) is 32.5 Å². The van der Waals surface area contributed by atoms with Gasteiger partial charge in [0.05, 0.1) is 15.6 Å². The number of halogens is 5. The molecule has 4 aromatic rings. The van der Waals surface area contributed by atoms with E-state index in [9.17, 15) is 18.0 Å². The van der Waals surface area contributed by atoms with Gasteiger partial charge < -0.3 is 14.6 Å². The van der Waals surface area contributed by atoms with Crippen molar-refractivity contribution in [2.45, 2.75) is 13.1 Å². The van der Waals surface area contributed by atoms with Gasteiger partial charge in [-0.05, 0) is 61.5 Å². The third-order valence-electron chi connectivity index (χ3n) is 4.80. The van der Waals surface area contributed by atoms with E-state index >= 15 is 0 Å². The summed E-state index contributed by atoms with van der Waals surface area (Å²) in [7, 11) is 0. The van der Waals surface area contributed by atoms with Gasteiger partial charge in [-0.1, -0.05) is 40.5 Å². The van der Waals surface area contributed by atoms with E-state index < -0.39 is 17.6 Å². The summed E-state index contributed by atoms with van der Waals surface area (Å²) >= 11 is 12.5. The van der Waals surface area contributed by atoms with Crippen molar-refractivity contribution in [2.75, 3.05) is 5.32 Å². The lowest BCUT2D eigenvalue weighted by Crippen LogP contribution is -2.13. The normalized spacial score (nSPS) is 11.4. The molecule has 0 saturated heterocycles. The summed E-state index contributed by atoms with van der Waals surface area (Å²) in [4.78, 5) is 13.0. The number of hydrogen-bond donors (Lipinski definition) is 1. The Labute approximate surface area is 202 Å². The quantitative estimate of drug-likeness (QED) is 0.297. The summed E-state index contributed by atoms with van der Waals surface area (Å²) in [5.74, 6) is 0.0965. The Morgan fingerprint density at radius 2 is 1.62 bits per heavy atom. The number of nitrogens with zero attached hydrogens (tertiary/aromatic N) is 1. The lowest BCUT2D eigenvalue weighted by molar-refractivity contribution is -0.137.